The molecule has 4 rings (SSSR count). The maximum atomic E-state index is 6.18. The maximum absolute atomic E-state index is 6.18. The normalized spacial score (nSPS) is 52.2. The van der Waals surface area contributed by atoms with E-state index in [2.05, 4.69) is 12.2 Å². The number of ether oxygens (including phenoxy) is 4. The van der Waals surface area contributed by atoms with Crippen LogP contribution >= 0.6 is 0 Å². The molecule has 1 aliphatic carbocycles. The zero-order valence-corrected chi connectivity index (χ0v) is 11.2. The van der Waals surface area contributed by atoms with Gasteiger partial charge in [-0.05, 0) is 6.92 Å². The molecule has 0 aromatic carbocycles. The lowest BCUT2D eigenvalue weighted by Gasteiger charge is -2.39. The highest BCUT2D eigenvalue weighted by atomic mass is 16.8. The van der Waals surface area contributed by atoms with Crippen LogP contribution in [0.4, 0.5) is 0 Å². The van der Waals surface area contributed by atoms with Crippen molar-refractivity contribution in [3.05, 3.63) is 12.2 Å². The third kappa shape index (κ3) is 1.65. The minimum atomic E-state index is -0.617. The Morgan fingerprint density at radius 3 is 2.95 bits per heavy atom. The van der Waals surface area contributed by atoms with Gasteiger partial charge in [-0.2, -0.15) is 0 Å². The predicted molar refractivity (Wildman–Crippen MR) is 64.0 cm³/mol. The molecule has 3 aliphatic heterocycles. The van der Waals surface area contributed by atoms with Gasteiger partial charge in [-0.25, -0.2) is 0 Å². The highest BCUT2D eigenvalue weighted by molar-refractivity contribution is 5.14. The Morgan fingerprint density at radius 1 is 1.37 bits per heavy atom. The highest BCUT2D eigenvalue weighted by Gasteiger charge is 2.62. The molecule has 3 saturated heterocycles. The highest BCUT2D eigenvalue weighted by Crippen LogP contribution is 2.45. The Bertz CT molecular complexity index is 402. The van der Waals surface area contributed by atoms with Gasteiger partial charge in [0.2, 0.25) is 0 Å². The molecule has 6 heteroatoms. The third-order valence-corrected chi connectivity index (χ3v) is 4.43. The summed E-state index contributed by atoms with van der Waals surface area (Å²) < 4.78 is 22.8. The number of rotatable bonds is 3. The second-order valence-corrected chi connectivity index (χ2v) is 5.66. The summed E-state index contributed by atoms with van der Waals surface area (Å²) in [5.41, 5.74) is -0.617. The van der Waals surface area contributed by atoms with E-state index in [1.54, 1.807) is 7.11 Å². The van der Waals surface area contributed by atoms with E-state index in [0.717, 1.165) is 6.42 Å². The van der Waals surface area contributed by atoms with Gasteiger partial charge >= 0.3 is 0 Å². The Hall–Kier alpha value is -0.500. The van der Waals surface area contributed by atoms with Crippen LogP contribution in [0.2, 0.25) is 0 Å². The van der Waals surface area contributed by atoms with Crippen LogP contribution in [-0.2, 0) is 23.8 Å². The Morgan fingerprint density at radius 2 is 2.26 bits per heavy atom. The summed E-state index contributed by atoms with van der Waals surface area (Å²) in [6.45, 7) is 2.83. The molecule has 0 aromatic rings. The van der Waals surface area contributed by atoms with Crippen molar-refractivity contribution >= 4 is 0 Å². The fourth-order valence-corrected chi connectivity index (χ4v) is 3.60. The SMILES string of the molecule is COC[C@H]1O[C@](C)(N2OC3C=C[C@H]2C3)[C@@H]2OCO[C@@H]21. The van der Waals surface area contributed by atoms with Crippen molar-refractivity contribution in [2.45, 2.75) is 49.5 Å². The Kier molecular flexibility index (Phi) is 2.74. The van der Waals surface area contributed by atoms with Gasteiger partial charge < -0.3 is 18.9 Å². The minimum Gasteiger partial charge on any atom is -0.382 e. The molecule has 106 valence electrons. The van der Waals surface area contributed by atoms with Gasteiger partial charge in [-0.15, -0.1) is 5.06 Å². The van der Waals surface area contributed by atoms with E-state index >= 15 is 0 Å². The maximum Gasteiger partial charge on any atom is 0.171 e. The van der Waals surface area contributed by atoms with Gasteiger partial charge in [0.15, 0.2) is 5.72 Å². The average Bonchev–Trinajstić information content (AvgIpc) is 3.13. The summed E-state index contributed by atoms with van der Waals surface area (Å²) in [7, 11) is 1.67. The van der Waals surface area contributed by atoms with Gasteiger partial charge in [0, 0.05) is 13.5 Å². The first kappa shape index (κ1) is 12.3. The second kappa shape index (κ2) is 4.25. The van der Waals surface area contributed by atoms with Crippen LogP contribution < -0.4 is 0 Å². The molecule has 0 amide bonds. The number of hydroxylamine groups is 2. The molecule has 4 aliphatic rings. The van der Waals surface area contributed by atoms with E-state index in [-0.39, 0.29) is 30.5 Å². The summed E-state index contributed by atoms with van der Waals surface area (Å²) in [5.74, 6) is 0. The first-order valence-corrected chi connectivity index (χ1v) is 6.77. The first-order valence-electron chi connectivity index (χ1n) is 6.77. The topological polar surface area (TPSA) is 49.4 Å². The second-order valence-electron chi connectivity index (χ2n) is 5.66. The Balaban J connectivity index is 1.61. The molecule has 3 fully saturated rings. The number of hydrogen-bond acceptors (Lipinski definition) is 6. The molecule has 3 heterocycles. The fraction of sp³-hybridized carbons (Fsp3) is 0.846. The van der Waals surface area contributed by atoms with E-state index in [1.165, 1.54) is 0 Å². The van der Waals surface area contributed by atoms with Crippen molar-refractivity contribution in [3.63, 3.8) is 0 Å². The van der Waals surface area contributed by atoms with E-state index < -0.39 is 5.72 Å². The summed E-state index contributed by atoms with van der Waals surface area (Å²) in [4.78, 5) is 5.93. The molecule has 1 unspecified atom stereocenters. The van der Waals surface area contributed by atoms with E-state index in [4.69, 9.17) is 23.8 Å². The van der Waals surface area contributed by atoms with Crippen LogP contribution in [0.25, 0.3) is 0 Å². The van der Waals surface area contributed by atoms with Crippen LogP contribution in [-0.4, -0.2) is 61.8 Å². The van der Waals surface area contributed by atoms with Crippen LogP contribution in [0.5, 0.6) is 0 Å². The minimum absolute atomic E-state index is 0.0864. The number of fused-ring (bicyclic) bond motifs is 3. The van der Waals surface area contributed by atoms with Gasteiger partial charge in [0.05, 0.1) is 18.8 Å². The Labute approximate surface area is 112 Å². The van der Waals surface area contributed by atoms with Crippen LogP contribution in [0, 0.1) is 0 Å². The molecule has 0 aromatic heterocycles. The van der Waals surface area contributed by atoms with Gasteiger partial charge in [0.25, 0.3) is 0 Å². The molecule has 2 bridgehead atoms. The van der Waals surface area contributed by atoms with Crippen LogP contribution in [0.3, 0.4) is 0 Å². The molecule has 19 heavy (non-hydrogen) atoms. The van der Waals surface area contributed by atoms with E-state index in [0.29, 0.717) is 13.4 Å². The standard InChI is InChI=1S/C13H19NO5/c1-13(14-8-3-4-9(5-8)19-14)12-11(16-7-17-12)10(18-13)6-15-2/h3-4,8-12H,5-7H2,1-2H3/t8-,9?,10+,11+,12+,13-/m0/s1. The van der Waals surface area contributed by atoms with Gasteiger partial charge in [0.1, 0.15) is 25.1 Å². The monoisotopic (exact) mass is 269 g/mol. The fourth-order valence-electron chi connectivity index (χ4n) is 3.60. The van der Waals surface area contributed by atoms with Gasteiger partial charge in [-0.1, -0.05) is 12.2 Å². The predicted octanol–water partition coefficient (Wildman–Crippen LogP) is 0.434. The molecule has 0 N–H and O–H groups in total. The summed E-state index contributed by atoms with van der Waals surface area (Å²) in [6.07, 6.45) is 5.11. The number of methoxy groups -OCH3 is 1. The zero-order valence-electron chi connectivity index (χ0n) is 11.2. The van der Waals surface area contributed by atoms with Crippen molar-refractivity contribution in [1.29, 1.82) is 0 Å². The van der Waals surface area contributed by atoms with Crippen molar-refractivity contribution in [1.82, 2.24) is 5.06 Å². The third-order valence-electron chi connectivity index (χ3n) is 4.43. The molecule has 6 nitrogen and oxygen atoms in total. The first-order chi connectivity index (χ1) is 9.22. The summed E-state index contributed by atoms with van der Waals surface area (Å²) in [6, 6.07) is 0.265. The lowest BCUT2D eigenvalue weighted by atomic mass is 10.0. The average molecular weight is 269 g/mol. The zero-order chi connectivity index (χ0) is 13.0. The van der Waals surface area contributed by atoms with Crippen LogP contribution in [0.15, 0.2) is 12.2 Å². The van der Waals surface area contributed by atoms with E-state index in [1.807, 2.05) is 12.0 Å². The quantitative estimate of drug-likeness (QED) is 0.693. The lowest BCUT2D eigenvalue weighted by molar-refractivity contribution is -0.316. The molecular weight excluding hydrogens is 250 g/mol. The number of nitrogens with zero attached hydrogens (tertiary/aromatic N) is 1. The molecule has 0 radical (unpaired) electrons. The lowest BCUT2D eigenvalue weighted by Crippen LogP contribution is -2.55. The summed E-state index contributed by atoms with van der Waals surface area (Å²) >= 11 is 0. The molecule has 6 atom stereocenters. The van der Waals surface area contributed by atoms with Gasteiger partial charge in [-0.3, -0.25) is 4.84 Å². The summed E-state index contributed by atoms with van der Waals surface area (Å²) in [5, 5.41) is 1.94. The number of hydrogen-bond donors (Lipinski definition) is 0. The largest absolute Gasteiger partial charge is 0.382 e. The van der Waals surface area contributed by atoms with Crippen LogP contribution in [0.1, 0.15) is 13.3 Å². The smallest absolute Gasteiger partial charge is 0.171 e. The molecular formula is C13H19NO5. The van der Waals surface area contributed by atoms with Crippen molar-refractivity contribution in [3.8, 4) is 0 Å². The molecule has 0 saturated carbocycles. The molecule has 0 spiro atoms. The van der Waals surface area contributed by atoms with E-state index in [9.17, 15) is 0 Å². The van der Waals surface area contributed by atoms with Crippen molar-refractivity contribution < 1.29 is 23.8 Å². The van der Waals surface area contributed by atoms with Crippen molar-refractivity contribution in [2.75, 3.05) is 20.5 Å². The van der Waals surface area contributed by atoms with Crippen molar-refractivity contribution in [2.24, 2.45) is 0 Å².